The number of carbonyl (C=O) groups excluding carboxylic acids is 2. The molecular weight excluding hydrogens is 402 g/mol. The zero-order valence-corrected chi connectivity index (χ0v) is 16.9. The van der Waals surface area contributed by atoms with Crippen LogP contribution in [0, 0.1) is 11.6 Å². The summed E-state index contributed by atoms with van der Waals surface area (Å²) < 4.78 is 32.8. The summed E-state index contributed by atoms with van der Waals surface area (Å²) in [5.41, 5.74) is 1.42. The van der Waals surface area contributed by atoms with Crippen molar-refractivity contribution in [1.29, 1.82) is 0 Å². The van der Waals surface area contributed by atoms with Gasteiger partial charge in [0, 0.05) is 30.3 Å². The first-order valence-corrected chi connectivity index (χ1v) is 10.5. The molecule has 7 nitrogen and oxygen atoms in total. The zero-order valence-electron chi connectivity index (χ0n) is 16.1. The van der Waals surface area contributed by atoms with Crippen LogP contribution in [0.25, 0.3) is 0 Å². The van der Waals surface area contributed by atoms with Gasteiger partial charge in [-0.3, -0.25) is 0 Å². The van der Waals surface area contributed by atoms with Gasteiger partial charge in [0.1, 0.15) is 23.7 Å². The number of nitrogens with zero attached hydrogens (tertiary/aromatic N) is 2. The van der Waals surface area contributed by atoms with E-state index in [0.29, 0.717) is 24.3 Å². The monoisotopic (exact) mass is 424 g/mol. The number of ether oxygens (including phenoxy) is 1. The van der Waals surface area contributed by atoms with Crippen molar-refractivity contribution in [2.24, 2.45) is 0 Å². The van der Waals surface area contributed by atoms with Crippen LogP contribution < -0.4 is 5.32 Å². The molecule has 1 aliphatic rings. The molecule has 0 aliphatic carbocycles. The summed E-state index contributed by atoms with van der Waals surface area (Å²) in [6.45, 7) is 0.277. The molecule has 0 spiro atoms. The summed E-state index contributed by atoms with van der Waals surface area (Å²) >= 11 is 1.54. The van der Waals surface area contributed by atoms with Crippen LogP contribution >= 0.6 is 11.8 Å². The second-order valence-electron chi connectivity index (χ2n) is 6.58. The molecule has 0 unspecified atom stereocenters. The fourth-order valence-electron chi connectivity index (χ4n) is 3.39. The Morgan fingerprint density at radius 3 is 2.93 bits per heavy atom. The molecule has 0 saturated heterocycles. The number of urea groups is 1. The maximum atomic E-state index is 14.6. The number of fused-ring (bicyclic) bond motifs is 1. The van der Waals surface area contributed by atoms with E-state index in [0.717, 1.165) is 17.8 Å². The van der Waals surface area contributed by atoms with Gasteiger partial charge in [-0.15, -0.1) is 0 Å². The number of benzene rings is 1. The quantitative estimate of drug-likeness (QED) is 0.697. The molecule has 0 bridgehead atoms. The van der Waals surface area contributed by atoms with Gasteiger partial charge in [-0.2, -0.15) is 11.8 Å². The molecule has 3 rings (SSSR count). The largest absolute Gasteiger partial charge is 0.467 e. The predicted molar refractivity (Wildman–Crippen MR) is 105 cm³/mol. The fourth-order valence-corrected chi connectivity index (χ4v) is 3.86. The molecule has 2 aromatic rings. The molecule has 2 atom stereocenters. The maximum absolute atomic E-state index is 14.6. The molecule has 0 radical (unpaired) electrons. The summed E-state index contributed by atoms with van der Waals surface area (Å²) in [6.07, 6.45) is 4.27. The third-order valence-electron chi connectivity index (χ3n) is 4.84. The summed E-state index contributed by atoms with van der Waals surface area (Å²) in [7, 11) is 1.26. The molecule has 156 valence electrons. The third-order valence-corrected chi connectivity index (χ3v) is 5.48. The van der Waals surface area contributed by atoms with Crippen LogP contribution in [-0.2, 0) is 16.0 Å². The van der Waals surface area contributed by atoms with E-state index in [4.69, 9.17) is 4.74 Å². The van der Waals surface area contributed by atoms with Gasteiger partial charge in [-0.05, 0) is 24.5 Å². The SMILES string of the molecule is COC(=O)[C@H](CCSC)NC(=O)N1CCc2[nH]cnc2[C@H]1c1ccc(F)cc1F. The number of hydrogen-bond acceptors (Lipinski definition) is 5. The first kappa shape index (κ1) is 21.1. The van der Waals surface area contributed by atoms with Gasteiger partial charge in [-0.25, -0.2) is 23.4 Å². The third kappa shape index (κ3) is 4.52. The summed E-state index contributed by atoms with van der Waals surface area (Å²) in [5, 5.41) is 2.69. The van der Waals surface area contributed by atoms with Crippen LogP contribution in [0.2, 0.25) is 0 Å². The van der Waals surface area contributed by atoms with Gasteiger partial charge in [0.15, 0.2) is 0 Å². The molecule has 10 heteroatoms. The molecule has 29 heavy (non-hydrogen) atoms. The lowest BCUT2D eigenvalue weighted by Crippen LogP contribution is -2.51. The van der Waals surface area contributed by atoms with Crippen LogP contribution in [0.5, 0.6) is 0 Å². The van der Waals surface area contributed by atoms with E-state index in [1.807, 2.05) is 6.26 Å². The Morgan fingerprint density at radius 1 is 1.45 bits per heavy atom. The summed E-state index contributed by atoms with van der Waals surface area (Å²) in [4.78, 5) is 33.8. The Morgan fingerprint density at radius 2 is 2.24 bits per heavy atom. The van der Waals surface area contributed by atoms with E-state index in [2.05, 4.69) is 15.3 Å². The highest BCUT2D eigenvalue weighted by atomic mass is 32.2. The number of hydrogen-bond donors (Lipinski definition) is 2. The number of aromatic nitrogens is 2. The van der Waals surface area contributed by atoms with E-state index < -0.39 is 35.7 Å². The number of halogens is 2. The van der Waals surface area contributed by atoms with Gasteiger partial charge in [0.05, 0.1) is 19.1 Å². The zero-order chi connectivity index (χ0) is 21.0. The first-order valence-electron chi connectivity index (χ1n) is 9.07. The average molecular weight is 424 g/mol. The molecule has 1 aromatic heterocycles. The predicted octanol–water partition coefficient (Wildman–Crippen LogP) is 2.64. The first-order chi connectivity index (χ1) is 14.0. The summed E-state index contributed by atoms with van der Waals surface area (Å²) in [6, 6.07) is 1.03. The second-order valence-corrected chi connectivity index (χ2v) is 7.57. The van der Waals surface area contributed by atoms with Crippen molar-refractivity contribution in [1.82, 2.24) is 20.2 Å². The highest BCUT2D eigenvalue weighted by molar-refractivity contribution is 7.98. The van der Waals surface area contributed by atoms with Crippen LogP contribution in [0.4, 0.5) is 13.6 Å². The fraction of sp³-hybridized carbons (Fsp3) is 0.421. The van der Waals surface area contributed by atoms with Gasteiger partial charge in [0.25, 0.3) is 0 Å². The van der Waals surface area contributed by atoms with E-state index in [-0.39, 0.29) is 12.1 Å². The van der Waals surface area contributed by atoms with Crippen molar-refractivity contribution in [3.8, 4) is 0 Å². The van der Waals surface area contributed by atoms with E-state index >= 15 is 0 Å². The minimum absolute atomic E-state index is 0.133. The van der Waals surface area contributed by atoms with E-state index in [9.17, 15) is 18.4 Å². The van der Waals surface area contributed by atoms with Gasteiger partial charge >= 0.3 is 12.0 Å². The van der Waals surface area contributed by atoms with Crippen LogP contribution in [0.15, 0.2) is 24.5 Å². The Labute approximate surface area is 171 Å². The van der Waals surface area contributed by atoms with Crippen molar-refractivity contribution >= 4 is 23.8 Å². The lowest BCUT2D eigenvalue weighted by molar-refractivity contribution is -0.142. The van der Waals surface area contributed by atoms with Gasteiger partial charge < -0.3 is 19.9 Å². The number of methoxy groups -OCH3 is 1. The number of carbonyl (C=O) groups is 2. The second kappa shape index (κ2) is 9.25. The molecule has 1 aliphatic heterocycles. The number of esters is 1. The van der Waals surface area contributed by atoms with E-state index in [1.165, 1.54) is 24.4 Å². The molecular formula is C19H22F2N4O3S. The molecule has 0 fully saturated rings. The van der Waals surface area contributed by atoms with Gasteiger partial charge in [0.2, 0.25) is 0 Å². The molecule has 1 aromatic carbocycles. The molecule has 2 heterocycles. The minimum Gasteiger partial charge on any atom is -0.467 e. The number of imidazole rings is 1. The standard InChI is InChI=1S/C19H22F2N4O3S/c1-28-18(26)15(6-8-29-2)24-19(27)25-7-5-14-16(23-10-22-14)17(25)12-4-3-11(20)9-13(12)21/h3-4,9-10,15,17H,5-8H2,1-2H3,(H,22,23)(H,24,27)/t15-,17+/m0/s1. The van der Waals surface area contributed by atoms with Crippen molar-refractivity contribution < 1.29 is 23.1 Å². The van der Waals surface area contributed by atoms with Crippen LogP contribution in [0.1, 0.15) is 29.4 Å². The van der Waals surface area contributed by atoms with Crippen molar-refractivity contribution in [3.63, 3.8) is 0 Å². The number of nitrogens with one attached hydrogen (secondary N) is 2. The van der Waals surface area contributed by atoms with Crippen molar-refractivity contribution in [2.45, 2.75) is 24.9 Å². The summed E-state index contributed by atoms with van der Waals surface area (Å²) in [5.74, 6) is -1.37. The number of thioether (sulfide) groups is 1. The number of rotatable bonds is 6. The number of aromatic amines is 1. The molecule has 0 saturated carbocycles. The van der Waals surface area contributed by atoms with Crippen LogP contribution in [0.3, 0.4) is 0 Å². The van der Waals surface area contributed by atoms with Crippen molar-refractivity contribution in [3.05, 3.63) is 53.1 Å². The Balaban J connectivity index is 1.91. The maximum Gasteiger partial charge on any atom is 0.328 e. The topological polar surface area (TPSA) is 87.3 Å². The highest BCUT2D eigenvalue weighted by Gasteiger charge is 2.37. The highest BCUT2D eigenvalue weighted by Crippen LogP contribution is 2.35. The minimum atomic E-state index is -0.843. The number of H-pyrrole nitrogens is 1. The Bertz CT molecular complexity index is 892. The van der Waals surface area contributed by atoms with E-state index in [1.54, 1.807) is 11.8 Å². The Hall–Kier alpha value is -2.62. The Kier molecular flexibility index (Phi) is 6.73. The molecule has 2 N–H and O–H groups in total. The van der Waals surface area contributed by atoms with Gasteiger partial charge in [-0.1, -0.05) is 6.07 Å². The molecule has 2 amide bonds. The lowest BCUT2D eigenvalue weighted by Gasteiger charge is -2.36. The van der Waals surface area contributed by atoms with Crippen LogP contribution in [-0.4, -0.2) is 58.6 Å². The normalized spacial score (nSPS) is 16.8. The average Bonchev–Trinajstić information content (AvgIpc) is 3.19. The number of amides is 2. The lowest BCUT2D eigenvalue weighted by atomic mass is 9.95. The van der Waals surface area contributed by atoms with Crippen molar-refractivity contribution in [2.75, 3.05) is 25.7 Å². The smallest absolute Gasteiger partial charge is 0.328 e.